The number of carboxylic acids is 2. The molecule has 0 aromatic rings. The summed E-state index contributed by atoms with van der Waals surface area (Å²) in [6.07, 6.45) is -1.01. The zero-order chi connectivity index (χ0) is 44.3. The van der Waals surface area contributed by atoms with E-state index in [1.54, 1.807) is 13.8 Å². The average molecular weight is 832 g/mol. The highest BCUT2D eigenvalue weighted by Crippen LogP contribution is 2.20. The smallest absolute Gasteiger partial charge is 0.326 e. The quantitative estimate of drug-likeness (QED) is 0.0362. The van der Waals surface area contributed by atoms with Gasteiger partial charge in [0.15, 0.2) is 0 Å². The predicted molar refractivity (Wildman–Crippen MR) is 203 cm³/mol. The number of carboxylic acid groups (broad SMARTS) is 2. The molecular formula is C35H61N9O14. The van der Waals surface area contributed by atoms with Crippen molar-refractivity contribution >= 4 is 53.3 Å². The number of unbranched alkanes of at least 4 members (excludes halogenated alkanes) is 1. The van der Waals surface area contributed by atoms with Gasteiger partial charge in [-0.2, -0.15) is 0 Å². The second-order valence-electron chi connectivity index (χ2n) is 14.2. The molecule has 58 heavy (non-hydrogen) atoms. The second kappa shape index (κ2) is 25.4. The van der Waals surface area contributed by atoms with Gasteiger partial charge in [0.25, 0.3) is 0 Å². The molecule has 10 atom stereocenters. The monoisotopic (exact) mass is 831 g/mol. The van der Waals surface area contributed by atoms with Crippen LogP contribution in [0.4, 0.5) is 0 Å². The molecule has 1 fully saturated rings. The van der Waals surface area contributed by atoms with Gasteiger partial charge in [-0.3, -0.25) is 38.4 Å². The lowest BCUT2D eigenvalue weighted by molar-refractivity contribution is -0.145. The zero-order valence-corrected chi connectivity index (χ0v) is 33.3. The highest BCUT2D eigenvalue weighted by molar-refractivity contribution is 5.98. The summed E-state index contributed by atoms with van der Waals surface area (Å²) in [6.45, 7) is 4.41. The molecule has 1 rings (SSSR count). The van der Waals surface area contributed by atoms with Crippen LogP contribution in [-0.2, 0) is 43.2 Å². The lowest BCUT2D eigenvalue weighted by Gasteiger charge is -2.32. The lowest BCUT2D eigenvalue weighted by Crippen LogP contribution is -2.62. The van der Waals surface area contributed by atoms with E-state index in [0.29, 0.717) is 19.3 Å². The number of aliphatic hydroxyl groups excluding tert-OH is 3. The molecular weight excluding hydrogens is 770 g/mol. The minimum atomic E-state index is -1.68. The van der Waals surface area contributed by atoms with Crippen LogP contribution in [-0.4, -0.2) is 164 Å². The first-order chi connectivity index (χ1) is 27.2. The maximum Gasteiger partial charge on any atom is 0.326 e. The maximum absolute atomic E-state index is 13.9. The number of nitrogens with one attached hydrogen (secondary N) is 6. The third-order valence-corrected chi connectivity index (χ3v) is 9.56. The summed E-state index contributed by atoms with van der Waals surface area (Å²) < 4.78 is 0. The van der Waals surface area contributed by atoms with Crippen LogP contribution >= 0.6 is 0 Å². The Balaban J connectivity index is 3.22. The zero-order valence-electron chi connectivity index (χ0n) is 33.3. The predicted octanol–water partition coefficient (Wildman–Crippen LogP) is -5.28. The molecule has 1 aliphatic rings. The molecule has 23 nitrogen and oxygen atoms in total. The van der Waals surface area contributed by atoms with E-state index in [0.717, 1.165) is 4.90 Å². The Morgan fingerprint density at radius 2 is 1.24 bits per heavy atom. The van der Waals surface area contributed by atoms with Crippen molar-refractivity contribution in [2.24, 2.45) is 17.4 Å². The minimum absolute atomic E-state index is 0.0164. The molecule has 0 aliphatic carbocycles. The molecule has 1 heterocycles. The van der Waals surface area contributed by atoms with Crippen LogP contribution in [0.5, 0.6) is 0 Å². The van der Waals surface area contributed by atoms with Gasteiger partial charge in [0.05, 0.1) is 25.4 Å². The Kier molecular flexibility index (Phi) is 22.4. The summed E-state index contributed by atoms with van der Waals surface area (Å²) in [6, 6.07) is -11.3. The number of aliphatic hydroxyl groups is 3. The molecule has 0 radical (unpaired) electrons. The standard InChI is InChI=1S/C35H61N9O14/c1-5-17(2)26(42-29(51)20(9-6-7-13-36)38-30(52)22(15-45)40-28(50)18(3)37)33(55)43-27(19(4)47)34(56)44-14-8-10-24(44)32(54)41-23(16-46)31(53)39-21(35(57)58)11-12-25(48)49/h17-24,26-27,45-47H,5-16,36-37H2,1-4H3,(H,38,52)(H,39,53)(H,40,50)(H,41,54)(H,42,51)(H,43,55)(H,48,49)(H,57,58)/t17-,18-,19+,20-,21-,22-,23-,24-,26-,27-/m0/s1. The fraction of sp³-hybridized carbons (Fsp3) is 0.743. The Labute approximate surface area is 335 Å². The van der Waals surface area contributed by atoms with E-state index in [-0.39, 0.29) is 32.4 Å². The highest BCUT2D eigenvalue weighted by Gasteiger charge is 2.42. The summed E-state index contributed by atoms with van der Waals surface area (Å²) in [4.78, 5) is 116. The van der Waals surface area contributed by atoms with Gasteiger partial charge < -0.3 is 73.8 Å². The minimum Gasteiger partial charge on any atom is -0.481 e. The number of hydrogen-bond acceptors (Lipinski definition) is 14. The number of rotatable bonds is 26. The van der Waals surface area contributed by atoms with Gasteiger partial charge in [0, 0.05) is 13.0 Å². The van der Waals surface area contributed by atoms with Crippen LogP contribution in [0, 0.1) is 5.92 Å². The molecule has 1 saturated heterocycles. The number of nitrogens with two attached hydrogens (primary N) is 2. The summed E-state index contributed by atoms with van der Waals surface area (Å²) >= 11 is 0. The molecule has 0 aromatic carbocycles. The Bertz CT molecular complexity index is 1450. The molecule has 0 saturated carbocycles. The molecule has 15 N–H and O–H groups in total. The van der Waals surface area contributed by atoms with Crippen molar-refractivity contribution < 1.29 is 68.7 Å². The van der Waals surface area contributed by atoms with Crippen molar-refractivity contribution in [2.45, 2.75) is 134 Å². The molecule has 23 heteroatoms. The van der Waals surface area contributed by atoms with E-state index in [1.165, 1.54) is 13.8 Å². The number of nitrogens with zero attached hydrogens (tertiary/aromatic N) is 1. The summed E-state index contributed by atoms with van der Waals surface area (Å²) in [5, 5.41) is 62.7. The van der Waals surface area contributed by atoms with Crippen molar-refractivity contribution in [3.05, 3.63) is 0 Å². The van der Waals surface area contributed by atoms with Crippen LogP contribution in [0.3, 0.4) is 0 Å². The second-order valence-corrected chi connectivity index (χ2v) is 14.2. The summed E-state index contributed by atoms with van der Waals surface area (Å²) in [5.74, 6) is -9.68. The fourth-order valence-electron chi connectivity index (χ4n) is 5.86. The number of hydrogen-bond donors (Lipinski definition) is 13. The molecule has 1 aliphatic heterocycles. The van der Waals surface area contributed by atoms with Crippen LogP contribution in [0.15, 0.2) is 0 Å². The van der Waals surface area contributed by atoms with Gasteiger partial charge in [-0.05, 0) is 64.8 Å². The Hall–Kier alpha value is -4.97. The van der Waals surface area contributed by atoms with Gasteiger partial charge in [0.1, 0.15) is 42.3 Å². The largest absolute Gasteiger partial charge is 0.481 e. The highest BCUT2D eigenvalue weighted by atomic mass is 16.4. The van der Waals surface area contributed by atoms with E-state index >= 15 is 0 Å². The van der Waals surface area contributed by atoms with Gasteiger partial charge in [-0.15, -0.1) is 0 Å². The number of carbonyl (C=O) groups excluding carboxylic acids is 7. The number of amides is 7. The van der Waals surface area contributed by atoms with Gasteiger partial charge in [0.2, 0.25) is 41.4 Å². The van der Waals surface area contributed by atoms with E-state index in [9.17, 15) is 63.6 Å². The molecule has 0 aromatic heterocycles. The number of carbonyl (C=O) groups is 9. The summed E-state index contributed by atoms with van der Waals surface area (Å²) in [7, 11) is 0. The van der Waals surface area contributed by atoms with Gasteiger partial charge >= 0.3 is 11.9 Å². The number of likely N-dealkylation sites (tertiary alicyclic amines) is 1. The van der Waals surface area contributed by atoms with E-state index in [4.69, 9.17) is 16.6 Å². The van der Waals surface area contributed by atoms with Gasteiger partial charge in [-0.25, -0.2) is 4.79 Å². The van der Waals surface area contributed by atoms with Crippen LogP contribution in [0.1, 0.15) is 79.1 Å². The fourth-order valence-corrected chi connectivity index (χ4v) is 5.86. The molecule has 0 bridgehead atoms. The van der Waals surface area contributed by atoms with E-state index in [1.807, 2.05) is 0 Å². The summed E-state index contributed by atoms with van der Waals surface area (Å²) in [5.41, 5.74) is 11.1. The third kappa shape index (κ3) is 16.1. The first-order valence-electron chi connectivity index (χ1n) is 19.2. The molecule has 7 amide bonds. The van der Waals surface area contributed by atoms with E-state index in [2.05, 4.69) is 31.9 Å². The van der Waals surface area contributed by atoms with Gasteiger partial charge in [-0.1, -0.05) is 20.3 Å². The number of aliphatic carboxylic acids is 2. The van der Waals surface area contributed by atoms with Crippen molar-refractivity contribution in [3.63, 3.8) is 0 Å². The van der Waals surface area contributed by atoms with Crippen molar-refractivity contribution in [2.75, 3.05) is 26.3 Å². The molecule has 330 valence electrons. The average Bonchev–Trinajstić information content (AvgIpc) is 3.67. The van der Waals surface area contributed by atoms with Crippen LogP contribution < -0.4 is 43.4 Å². The van der Waals surface area contributed by atoms with Crippen molar-refractivity contribution in [3.8, 4) is 0 Å². The molecule has 0 spiro atoms. The maximum atomic E-state index is 13.9. The van der Waals surface area contributed by atoms with E-state index < -0.39 is 140 Å². The Morgan fingerprint density at radius 1 is 0.707 bits per heavy atom. The SMILES string of the molecule is CC[C@H](C)[C@H](NC(=O)[C@H](CCCCN)NC(=O)[C@H](CO)NC(=O)[C@H](C)N)C(=O)N[C@H](C(=O)N1CCC[C@H]1C(=O)N[C@@H](CO)C(=O)N[C@@H](CCC(=O)O)C(=O)O)[C@@H](C)O. The first-order valence-corrected chi connectivity index (χ1v) is 19.2. The van der Waals surface area contributed by atoms with Crippen LogP contribution in [0.25, 0.3) is 0 Å². The van der Waals surface area contributed by atoms with Crippen molar-refractivity contribution in [1.29, 1.82) is 0 Å². The Morgan fingerprint density at radius 3 is 1.74 bits per heavy atom. The first kappa shape index (κ1) is 51.0. The topological polar surface area (TPSA) is 382 Å². The normalized spacial score (nSPS) is 18.4. The molecule has 0 unspecified atom stereocenters. The lowest BCUT2D eigenvalue weighted by atomic mass is 9.96. The van der Waals surface area contributed by atoms with Crippen molar-refractivity contribution in [1.82, 2.24) is 36.8 Å². The third-order valence-electron chi connectivity index (χ3n) is 9.56. The van der Waals surface area contributed by atoms with Crippen LogP contribution in [0.2, 0.25) is 0 Å².